The highest BCUT2D eigenvalue weighted by atomic mass is 16.5. The Morgan fingerprint density at radius 3 is 2.81 bits per heavy atom. The molecule has 1 heterocycles. The topological polar surface area (TPSA) is 49.8 Å². The second-order valence-corrected chi connectivity index (χ2v) is 5.17. The molecular weight excluding hydrogens is 206 g/mol. The van der Waals surface area contributed by atoms with Crippen molar-refractivity contribution in [2.45, 2.75) is 38.7 Å². The Labute approximate surface area is 97.6 Å². The molecule has 1 N–H and O–H groups in total. The standard InChI is InChI=1S/C12H23NO3/c1-12(2,16-3)7-11(15)13-6-4-5-10(8-13)9-14/h10,14H,4-9H2,1-3H3. The van der Waals surface area contributed by atoms with Crippen LogP contribution in [0.5, 0.6) is 0 Å². The number of aliphatic hydroxyl groups excluding tert-OH is 1. The molecule has 0 radical (unpaired) electrons. The predicted molar refractivity (Wildman–Crippen MR) is 62.1 cm³/mol. The van der Waals surface area contributed by atoms with Crippen molar-refractivity contribution in [2.24, 2.45) is 5.92 Å². The molecule has 1 aliphatic rings. The number of amides is 1. The molecule has 0 bridgehead atoms. The Balaban J connectivity index is 2.47. The fourth-order valence-electron chi connectivity index (χ4n) is 1.99. The van der Waals surface area contributed by atoms with E-state index in [-0.39, 0.29) is 18.4 Å². The van der Waals surface area contributed by atoms with E-state index in [0.29, 0.717) is 13.0 Å². The first-order chi connectivity index (χ1) is 7.48. The lowest BCUT2D eigenvalue weighted by Gasteiger charge is -2.34. The van der Waals surface area contributed by atoms with Gasteiger partial charge < -0.3 is 14.7 Å². The van der Waals surface area contributed by atoms with Gasteiger partial charge in [0.1, 0.15) is 0 Å². The van der Waals surface area contributed by atoms with Crippen molar-refractivity contribution < 1.29 is 14.6 Å². The third kappa shape index (κ3) is 3.76. The van der Waals surface area contributed by atoms with Crippen molar-refractivity contribution in [1.82, 2.24) is 4.90 Å². The number of rotatable bonds is 4. The summed E-state index contributed by atoms with van der Waals surface area (Å²) in [7, 11) is 1.63. The average Bonchev–Trinajstić information content (AvgIpc) is 2.28. The summed E-state index contributed by atoms with van der Waals surface area (Å²) in [6.07, 6.45) is 2.42. The van der Waals surface area contributed by atoms with Crippen molar-refractivity contribution in [2.75, 3.05) is 26.8 Å². The van der Waals surface area contributed by atoms with Gasteiger partial charge in [-0.15, -0.1) is 0 Å². The van der Waals surface area contributed by atoms with Gasteiger partial charge in [0.15, 0.2) is 0 Å². The summed E-state index contributed by atoms with van der Waals surface area (Å²) in [5, 5.41) is 9.11. The molecule has 1 unspecified atom stereocenters. The second kappa shape index (κ2) is 5.64. The lowest BCUT2D eigenvalue weighted by atomic mass is 9.97. The Bertz CT molecular complexity index is 240. The van der Waals surface area contributed by atoms with Crippen molar-refractivity contribution in [3.8, 4) is 0 Å². The normalized spacial score (nSPS) is 22.2. The van der Waals surface area contributed by atoms with E-state index < -0.39 is 5.60 Å². The molecule has 4 heteroatoms. The first-order valence-corrected chi connectivity index (χ1v) is 5.92. The highest BCUT2D eigenvalue weighted by Crippen LogP contribution is 2.20. The summed E-state index contributed by atoms with van der Waals surface area (Å²) in [4.78, 5) is 13.9. The molecule has 1 rings (SSSR count). The maximum Gasteiger partial charge on any atom is 0.225 e. The minimum Gasteiger partial charge on any atom is -0.396 e. The molecule has 0 aromatic carbocycles. The van der Waals surface area contributed by atoms with Crippen LogP contribution in [-0.4, -0.2) is 48.3 Å². The van der Waals surface area contributed by atoms with Gasteiger partial charge in [-0.25, -0.2) is 0 Å². The fourth-order valence-corrected chi connectivity index (χ4v) is 1.99. The predicted octanol–water partition coefficient (Wildman–Crippen LogP) is 1.03. The molecule has 1 amide bonds. The van der Waals surface area contributed by atoms with Gasteiger partial charge in [0, 0.05) is 26.8 Å². The van der Waals surface area contributed by atoms with Crippen LogP contribution in [0.25, 0.3) is 0 Å². The number of methoxy groups -OCH3 is 1. The van der Waals surface area contributed by atoms with E-state index in [4.69, 9.17) is 9.84 Å². The van der Waals surface area contributed by atoms with Gasteiger partial charge in [-0.1, -0.05) is 0 Å². The maximum atomic E-state index is 12.0. The molecular formula is C12H23NO3. The summed E-state index contributed by atoms with van der Waals surface area (Å²) in [5.41, 5.74) is -0.400. The lowest BCUT2D eigenvalue weighted by Crippen LogP contribution is -2.43. The highest BCUT2D eigenvalue weighted by Gasteiger charge is 2.28. The van der Waals surface area contributed by atoms with Crippen LogP contribution in [0.2, 0.25) is 0 Å². The molecule has 94 valence electrons. The zero-order valence-corrected chi connectivity index (χ0v) is 10.5. The zero-order valence-electron chi connectivity index (χ0n) is 10.5. The van der Waals surface area contributed by atoms with Gasteiger partial charge in [-0.05, 0) is 32.6 Å². The van der Waals surface area contributed by atoms with Crippen LogP contribution in [0.15, 0.2) is 0 Å². The number of ether oxygens (including phenoxy) is 1. The van der Waals surface area contributed by atoms with Gasteiger partial charge in [-0.2, -0.15) is 0 Å². The summed E-state index contributed by atoms with van der Waals surface area (Å²) in [5.74, 6) is 0.383. The molecule has 1 saturated heterocycles. The van der Waals surface area contributed by atoms with Crippen LogP contribution in [0.3, 0.4) is 0 Å². The summed E-state index contributed by atoms with van der Waals surface area (Å²) in [6.45, 7) is 5.51. The summed E-state index contributed by atoms with van der Waals surface area (Å²) >= 11 is 0. The minimum atomic E-state index is -0.400. The van der Waals surface area contributed by atoms with Crippen LogP contribution >= 0.6 is 0 Å². The smallest absolute Gasteiger partial charge is 0.225 e. The number of nitrogens with zero attached hydrogens (tertiary/aromatic N) is 1. The molecule has 0 saturated carbocycles. The molecule has 0 aromatic rings. The summed E-state index contributed by atoms with van der Waals surface area (Å²) in [6, 6.07) is 0. The molecule has 16 heavy (non-hydrogen) atoms. The molecule has 1 fully saturated rings. The van der Waals surface area contributed by atoms with E-state index in [1.807, 2.05) is 18.7 Å². The van der Waals surface area contributed by atoms with Gasteiger partial charge in [0.25, 0.3) is 0 Å². The van der Waals surface area contributed by atoms with E-state index in [9.17, 15) is 4.79 Å². The van der Waals surface area contributed by atoms with Crippen molar-refractivity contribution >= 4 is 5.91 Å². The van der Waals surface area contributed by atoms with E-state index in [1.165, 1.54) is 0 Å². The van der Waals surface area contributed by atoms with Gasteiger partial charge >= 0.3 is 0 Å². The Morgan fingerprint density at radius 2 is 2.25 bits per heavy atom. The number of hydrogen-bond donors (Lipinski definition) is 1. The van der Waals surface area contributed by atoms with E-state index >= 15 is 0 Å². The average molecular weight is 229 g/mol. The number of aliphatic hydroxyl groups is 1. The summed E-state index contributed by atoms with van der Waals surface area (Å²) < 4.78 is 5.26. The molecule has 0 aliphatic carbocycles. The van der Waals surface area contributed by atoms with Crippen LogP contribution in [0.4, 0.5) is 0 Å². The largest absolute Gasteiger partial charge is 0.396 e. The van der Waals surface area contributed by atoms with Crippen molar-refractivity contribution in [3.63, 3.8) is 0 Å². The van der Waals surface area contributed by atoms with Gasteiger partial charge in [0.2, 0.25) is 5.91 Å². The molecule has 0 spiro atoms. The fraction of sp³-hybridized carbons (Fsp3) is 0.917. The maximum absolute atomic E-state index is 12.0. The molecule has 4 nitrogen and oxygen atoms in total. The Morgan fingerprint density at radius 1 is 1.56 bits per heavy atom. The zero-order chi connectivity index (χ0) is 12.2. The number of carbonyl (C=O) groups is 1. The van der Waals surface area contributed by atoms with Crippen molar-refractivity contribution in [1.29, 1.82) is 0 Å². The van der Waals surface area contributed by atoms with E-state index in [2.05, 4.69) is 0 Å². The quantitative estimate of drug-likeness (QED) is 0.783. The van der Waals surface area contributed by atoms with Crippen LogP contribution < -0.4 is 0 Å². The molecule has 0 aromatic heterocycles. The van der Waals surface area contributed by atoms with Crippen LogP contribution in [0, 0.1) is 5.92 Å². The minimum absolute atomic E-state index is 0.130. The number of likely N-dealkylation sites (tertiary alicyclic amines) is 1. The number of piperidine rings is 1. The van der Waals surface area contributed by atoms with Gasteiger partial charge in [0.05, 0.1) is 12.0 Å². The highest BCUT2D eigenvalue weighted by molar-refractivity contribution is 5.77. The van der Waals surface area contributed by atoms with Crippen LogP contribution in [-0.2, 0) is 9.53 Å². The van der Waals surface area contributed by atoms with E-state index in [0.717, 1.165) is 19.4 Å². The monoisotopic (exact) mass is 229 g/mol. The molecule has 1 atom stereocenters. The third-order valence-electron chi connectivity index (χ3n) is 3.26. The lowest BCUT2D eigenvalue weighted by molar-refractivity contribution is -0.138. The Hall–Kier alpha value is -0.610. The molecule has 1 aliphatic heterocycles. The van der Waals surface area contributed by atoms with Crippen molar-refractivity contribution in [3.05, 3.63) is 0 Å². The van der Waals surface area contributed by atoms with Gasteiger partial charge in [-0.3, -0.25) is 4.79 Å². The first-order valence-electron chi connectivity index (χ1n) is 5.92. The first kappa shape index (κ1) is 13.5. The number of hydrogen-bond acceptors (Lipinski definition) is 3. The Kier molecular flexibility index (Phi) is 4.74. The van der Waals surface area contributed by atoms with E-state index in [1.54, 1.807) is 7.11 Å². The second-order valence-electron chi connectivity index (χ2n) is 5.17. The van der Waals surface area contributed by atoms with Crippen LogP contribution in [0.1, 0.15) is 33.1 Å². The SMILES string of the molecule is COC(C)(C)CC(=O)N1CCCC(CO)C1. The third-order valence-corrected chi connectivity index (χ3v) is 3.26. The number of carbonyl (C=O) groups excluding carboxylic acids is 1.